The van der Waals surface area contributed by atoms with Gasteiger partial charge in [-0.25, -0.2) is 4.79 Å². The van der Waals surface area contributed by atoms with Crippen molar-refractivity contribution in [3.8, 4) is 5.69 Å². The third kappa shape index (κ3) is 2.64. The van der Waals surface area contributed by atoms with Gasteiger partial charge in [-0.3, -0.25) is 14.3 Å². The Bertz CT molecular complexity index is 1160. The predicted molar refractivity (Wildman–Crippen MR) is 91.7 cm³/mol. The number of allylic oxidation sites excluding steroid dienone is 1. The highest BCUT2D eigenvalue weighted by Gasteiger charge is 2.30. The zero-order valence-corrected chi connectivity index (χ0v) is 13.9. The molecule has 0 amide bonds. The lowest BCUT2D eigenvalue weighted by molar-refractivity contribution is -0.672. The molecule has 4 rings (SSSR count). The highest BCUT2D eigenvalue weighted by atomic mass is 35.5. The molecule has 128 valence electrons. The number of para-hydroxylation sites is 1. The minimum absolute atomic E-state index is 0.129. The van der Waals surface area contributed by atoms with E-state index in [0.717, 1.165) is 6.08 Å². The summed E-state index contributed by atoms with van der Waals surface area (Å²) in [5, 5.41) is 14.9. The first-order valence-corrected chi connectivity index (χ1v) is 7.93. The zero-order valence-electron chi connectivity index (χ0n) is 13.1. The topological polar surface area (TPSA) is 102 Å². The number of rotatable bonds is 3. The summed E-state index contributed by atoms with van der Waals surface area (Å²) in [6, 6.07) is 13.4. The molecule has 0 unspecified atom stereocenters. The van der Waals surface area contributed by atoms with Crippen LogP contribution in [0.2, 0.25) is 5.02 Å². The van der Waals surface area contributed by atoms with Gasteiger partial charge in [0.05, 0.1) is 5.69 Å². The van der Waals surface area contributed by atoms with Gasteiger partial charge in [0.15, 0.2) is 0 Å². The fourth-order valence-electron chi connectivity index (χ4n) is 2.70. The van der Waals surface area contributed by atoms with Crippen LogP contribution in [-0.2, 0) is 0 Å². The van der Waals surface area contributed by atoms with Crippen molar-refractivity contribution in [3.63, 3.8) is 0 Å². The van der Waals surface area contributed by atoms with Gasteiger partial charge in [0.2, 0.25) is 5.69 Å². The van der Waals surface area contributed by atoms with Crippen molar-refractivity contribution >= 4 is 34.5 Å². The van der Waals surface area contributed by atoms with Gasteiger partial charge in [-0.15, -0.1) is 0 Å². The molecule has 0 atom stereocenters. The van der Waals surface area contributed by atoms with Crippen molar-refractivity contribution in [2.24, 2.45) is 4.99 Å². The molecule has 3 aromatic rings. The van der Waals surface area contributed by atoms with E-state index in [1.54, 1.807) is 48.5 Å². The number of fused-ring (bicyclic) bond motifs is 1. The molecule has 0 saturated heterocycles. The molecule has 0 saturated carbocycles. The van der Waals surface area contributed by atoms with Crippen LogP contribution in [-0.4, -0.2) is 17.0 Å². The van der Waals surface area contributed by atoms with Gasteiger partial charge in [0, 0.05) is 28.8 Å². The maximum Gasteiger partial charge on any atom is 0.439 e. The van der Waals surface area contributed by atoms with E-state index in [-0.39, 0.29) is 11.3 Å². The molecule has 8 heteroatoms. The van der Waals surface area contributed by atoms with Crippen LogP contribution in [0.3, 0.4) is 0 Å². The highest BCUT2D eigenvalue weighted by molar-refractivity contribution is 6.30. The number of hydrogen-bond donors (Lipinski definition) is 1. The number of aromatic nitrogens is 2. The van der Waals surface area contributed by atoms with E-state index in [0.29, 0.717) is 22.0 Å². The van der Waals surface area contributed by atoms with Crippen LogP contribution in [0, 0.1) is 0 Å². The summed E-state index contributed by atoms with van der Waals surface area (Å²) in [5.41, 5.74) is 0.455. The molecule has 1 aliphatic heterocycles. The quantitative estimate of drug-likeness (QED) is 0.431. The lowest BCUT2D eigenvalue weighted by Crippen LogP contribution is -2.40. The summed E-state index contributed by atoms with van der Waals surface area (Å²) in [7, 11) is 0. The Kier molecular flexibility index (Phi) is 3.78. The summed E-state index contributed by atoms with van der Waals surface area (Å²) in [6.07, 6.45) is 1.10. The van der Waals surface area contributed by atoms with Gasteiger partial charge in [0.25, 0.3) is 5.78 Å². The fraction of sp³-hybridized carbons (Fsp3) is 0. The summed E-state index contributed by atoms with van der Waals surface area (Å²) in [6.45, 7) is 0. The van der Waals surface area contributed by atoms with E-state index < -0.39 is 17.3 Å². The molecular formula is C18H10ClN3O4. The molecule has 1 aromatic heterocycles. The fourth-order valence-corrected chi connectivity index (χ4v) is 2.89. The summed E-state index contributed by atoms with van der Waals surface area (Å²) >= 11 is 5.96. The predicted octanol–water partition coefficient (Wildman–Crippen LogP) is 1.57. The second kappa shape index (κ2) is 6.12. The molecule has 0 radical (unpaired) electrons. The Morgan fingerprint density at radius 1 is 1.23 bits per heavy atom. The maximum atomic E-state index is 12.7. The van der Waals surface area contributed by atoms with Gasteiger partial charge in [-0.1, -0.05) is 35.9 Å². The molecule has 1 aliphatic rings. The molecule has 0 spiro atoms. The van der Waals surface area contributed by atoms with Crippen LogP contribution < -0.4 is 15.4 Å². The van der Waals surface area contributed by atoms with Crippen molar-refractivity contribution in [1.29, 1.82) is 0 Å². The molecule has 26 heavy (non-hydrogen) atoms. The zero-order chi connectivity index (χ0) is 18.3. The molecule has 2 heterocycles. The largest absolute Gasteiger partial charge is 0.858 e. The first-order chi connectivity index (χ1) is 12.5. The maximum absolute atomic E-state index is 12.7. The Balaban J connectivity index is 1.81. The second-order valence-electron chi connectivity index (χ2n) is 5.50. The number of H-pyrrole nitrogens is 1. The van der Waals surface area contributed by atoms with Crippen molar-refractivity contribution in [1.82, 2.24) is 5.27 Å². The van der Waals surface area contributed by atoms with E-state index >= 15 is 0 Å². The van der Waals surface area contributed by atoms with Crippen molar-refractivity contribution in [2.75, 3.05) is 0 Å². The van der Waals surface area contributed by atoms with Crippen molar-refractivity contribution in [3.05, 3.63) is 81.3 Å². The van der Waals surface area contributed by atoms with Crippen LogP contribution >= 0.6 is 11.6 Å². The lowest BCUT2D eigenvalue weighted by Gasteiger charge is -2.06. The smallest absolute Gasteiger partial charge is 0.439 e. The number of benzene rings is 2. The standard InChI is InChI=1S/C18H10ClN3O4/c19-10-4-3-5-11(8-10)22-16(18(25)26-21-22)15(23)9-13-12-6-1-2-7-14(12)20-17(13)24/h1-9H,(H-,20,21,23,24,25). The molecule has 1 N–H and O–H groups in total. The number of carbonyl (C=O) groups excluding carboxylic acids is 1. The first kappa shape index (κ1) is 16.0. The normalized spacial score (nSPS) is 14.3. The van der Waals surface area contributed by atoms with Crippen LogP contribution in [0.5, 0.6) is 0 Å². The number of nitrogens with zero attached hydrogens (tertiary/aromatic N) is 2. The average Bonchev–Trinajstić information content (AvgIpc) is 3.15. The Morgan fingerprint density at radius 2 is 2.04 bits per heavy atom. The van der Waals surface area contributed by atoms with E-state index in [2.05, 4.69) is 10.3 Å². The number of aliphatic imine (C=N–C) groups is 1. The van der Waals surface area contributed by atoms with Gasteiger partial charge in [0.1, 0.15) is 0 Å². The van der Waals surface area contributed by atoms with Gasteiger partial charge < -0.3 is 5.11 Å². The minimum Gasteiger partial charge on any atom is -0.858 e. The lowest BCUT2D eigenvalue weighted by atomic mass is 10.0. The summed E-state index contributed by atoms with van der Waals surface area (Å²) in [4.78, 5) is 28.6. The molecule has 0 aliphatic carbocycles. The van der Waals surface area contributed by atoms with Crippen LogP contribution in [0.1, 0.15) is 16.1 Å². The first-order valence-electron chi connectivity index (χ1n) is 7.55. The minimum atomic E-state index is -0.859. The Labute approximate surface area is 151 Å². The third-order valence-electron chi connectivity index (χ3n) is 3.87. The van der Waals surface area contributed by atoms with Gasteiger partial charge >= 0.3 is 11.3 Å². The highest BCUT2D eigenvalue weighted by Crippen LogP contribution is 2.32. The SMILES string of the molecule is O=C(/C=C1/C([O-])=Nc2ccccc21)c1c(=O)o[nH][n+]1-c1cccc(Cl)c1. The molecule has 0 bridgehead atoms. The Morgan fingerprint density at radius 3 is 2.85 bits per heavy atom. The monoisotopic (exact) mass is 367 g/mol. The third-order valence-corrected chi connectivity index (χ3v) is 4.10. The van der Waals surface area contributed by atoms with E-state index in [1.165, 1.54) is 4.68 Å². The average molecular weight is 368 g/mol. The summed E-state index contributed by atoms with van der Waals surface area (Å²) < 4.78 is 5.93. The van der Waals surface area contributed by atoms with Crippen molar-refractivity contribution in [2.45, 2.75) is 0 Å². The number of hydrogen-bond acceptors (Lipinski definition) is 5. The van der Waals surface area contributed by atoms with Crippen LogP contribution in [0.25, 0.3) is 11.3 Å². The van der Waals surface area contributed by atoms with E-state index in [4.69, 9.17) is 16.1 Å². The second-order valence-corrected chi connectivity index (χ2v) is 5.94. The number of carbonyl (C=O) groups is 1. The molecule has 7 nitrogen and oxygen atoms in total. The molecule has 2 aromatic carbocycles. The number of aromatic amines is 1. The van der Waals surface area contributed by atoms with Crippen LogP contribution in [0.4, 0.5) is 5.69 Å². The molecule has 0 fully saturated rings. The summed E-state index contributed by atoms with van der Waals surface area (Å²) in [5.74, 6) is -1.22. The van der Waals surface area contributed by atoms with Gasteiger partial charge in [-0.05, 0) is 33.6 Å². The van der Waals surface area contributed by atoms with Crippen molar-refractivity contribution < 1.29 is 19.1 Å². The molecular weight excluding hydrogens is 358 g/mol. The number of halogens is 1. The number of nitrogens with one attached hydrogen (secondary N) is 1. The Hall–Kier alpha value is -3.45. The van der Waals surface area contributed by atoms with E-state index in [1.807, 2.05) is 0 Å². The van der Waals surface area contributed by atoms with E-state index in [9.17, 15) is 14.7 Å². The number of ketones is 1. The van der Waals surface area contributed by atoms with Crippen LogP contribution in [0.15, 0.2) is 68.9 Å². The van der Waals surface area contributed by atoms with Gasteiger partial charge in [-0.2, -0.15) is 0 Å².